The van der Waals surface area contributed by atoms with Crippen molar-refractivity contribution in [2.75, 3.05) is 5.73 Å². The molecule has 0 fully saturated rings. The highest BCUT2D eigenvalue weighted by molar-refractivity contribution is 5.61. The van der Waals surface area contributed by atoms with E-state index in [2.05, 4.69) is 16.8 Å². The van der Waals surface area contributed by atoms with Gasteiger partial charge >= 0.3 is 0 Å². The topological polar surface area (TPSA) is 82.0 Å². The summed E-state index contributed by atoms with van der Waals surface area (Å²) in [6.45, 7) is 0. The Morgan fingerprint density at radius 2 is 2.00 bits per heavy atom. The van der Waals surface area contributed by atoms with E-state index in [1.807, 2.05) is 6.07 Å². The summed E-state index contributed by atoms with van der Waals surface area (Å²) in [7, 11) is 0. The number of pyridine rings is 1. The molecule has 5 heteroatoms. The summed E-state index contributed by atoms with van der Waals surface area (Å²) in [5.41, 5.74) is 6.79. The Kier molecular flexibility index (Phi) is 3.21. The number of anilines is 1. The maximum absolute atomic E-state index is 10.7. The minimum absolute atomic E-state index is 0.131. The zero-order valence-electron chi connectivity index (χ0n) is 9.33. The second-order valence-corrected chi connectivity index (χ2v) is 3.52. The highest BCUT2D eigenvalue weighted by Crippen LogP contribution is 2.21. The first kappa shape index (κ1) is 11.6. The largest absolute Gasteiger partial charge is 0.393 e. The normalized spacial score (nSPS) is 9.33. The van der Waals surface area contributed by atoms with E-state index in [1.54, 1.807) is 24.5 Å². The number of nitrogens with zero attached hydrogens (tertiary/aromatic N) is 2. The van der Waals surface area contributed by atoms with Crippen molar-refractivity contribution in [3.63, 3.8) is 0 Å². The molecular formula is C13H9N3O2. The van der Waals surface area contributed by atoms with Crippen molar-refractivity contribution in [1.29, 1.82) is 0 Å². The first-order valence-corrected chi connectivity index (χ1v) is 5.13. The minimum atomic E-state index is -0.523. The van der Waals surface area contributed by atoms with Gasteiger partial charge in [-0.3, -0.25) is 15.1 Å². The first-order valence-electron chi connectivity index (χ1n) is 5.13. The number of nitrogen functional groups attached to an aromatic ring is 1. The highest BCUT2D eigenvalue weighted by Gasteiger charge is 2.10. The monoisotopic (exact) mass is 239 g/mol. The lowest BCUT2D eigenvalue weighted by Gasteiger charge is -1.96. The fourth-order valence-electron chi connectivity index (χ4n) is 1.36. The number of benzene rings is 1. The van der Waals surface area contributed by atoms with Crippen molar-refractivity contribution in [2.24, 2.45) is 0 Å². The molecule has 1 aromatic heterocycles. The van der Waals surface area contributed by atoms with Crippen LogP contribution in [0.2, 0.25) is 0 Å². The zero-order valence-corrected chi connectivity index (χ0v) is 9.33. The van der Waals surface area contributed by atoms with Gasteiger partial charge in [0.05, 0.1) is 4.92 Å². The van der Waals surface area contributed by atoms with Crippen molar-refractivity contribution in [2.45, 2.75) is 0 Å². The van der Waals surface area contributed by atoms with Gasteiger partial charge in [0.25, 0.3) is 5.69 Å². The van der Waals surface area contributed by atoms with Gasteiger partial charge in [-0.15, -0.1) is 0 Å². The fourth-order valence-corrected chi connectivity index (χ4v) is 1.36. The fraction of sp³-hybridized carbons (Fsp3) is 0. The molecule has 5 nitrogen and oxygen atoms in total. The molecule has 0 amide bonds. The van der Waals surface area contributed by atoms with Crippen LogP contribution in [0.15, 0.2) is 42.7 Å². The summed E-state index contributed by atoms with van der Waals surface area (Å²) >= 11 is 0. The molecule has 0 unspecified atom stereocenters. The molecule has 88 valence electrons. The molecule has 0 atom stereocenters. The van der Waals surface area contributed by atoms with E-state index >= 15 is 0 Å². The van der Waals surface area contributed by atoms with Crippen LogP contribution in [0.1, 0.15) is 11.1 Å². The van der Waals surface area contributed by atoms with Gasteiger partial charge < -0.3 is 5.73 Å². The van der Waals surface area contributed by atoms with Crippen LogP contribution in [0, 0.1) is 22.0 Å². The Morgan fingerprint density at radius 1 is 1.22 bits per heavy atom. The molecule has 2 aromatic rings. The second kappa shape index (κ2) is 4.97. The van der Waals surface area contributed by atoms with E-state index in [9.17, 15) is 10.1 Å². The maximum Gasteiger partial charge on any atom is 0.293 e. The van der Waals surface area contributed by atoms with E-state index < -0.39 is 4.92 Å². The Morgan fingerprint density at radius 3 is 2.67 bits per heavy atom. The van der Waals surface area contributed by atoms with Gasteiger partial charge in [-0.1, -0.05) is 11.8 Å². The van der Waals surface area contributed by atoms with E-state index in [0.29, 0.717) is 5.56 Å². The van der Waals surface area contributed by atoms with Gasteiger partial charge in [0.2, 0.25) is 0 Å². The van der Waals surface area contributed by atoms with Gasteiger partial charge in [-0.2, -0.15) is 0 Å². The van der Waals surface area contributed by atoms with Crippen LogP contribution in [-0.2, 0) is 0 Å². The lowest BCUT2D eigenvalue weighted by molar-refractivity contribution is -0.383. The number of nitrogens with two attached hydrogens (primary N) is 1. The average Bonchev–Trinajstić information content (AvgIpc) is 2.38. The van der Waals surface area contributed by atoms with Gasteiger partial charge in [0, 0.05) is 29.6 Å². The molecule has 0 aliphatic heterocycles. The molecule has 0 saturated carbocycles. The number of rotatable bonds is 1. The van der Waals surface area contributed by atoms with Crippen LogP contribution in [0.3, 0.4) is 0 Å². The van der Waals surface area contributed by atoms with Crippen LogP contribution >= 0.6 is 0 Å². The van der Waals surface area contributed by atoms with Crippen molar-refractivity contribution in [3.05, 3.63) is 64.0 Å². The van der Waals surface area contributed by atoms with Gasteiger partial charge in [0.15, 0.2) is 0 Å². The molecule has 0 saturated heterocycles. The van der Waals surface area contributed by atoms with E-state index in [4.69, 9.17) is 5.73 Å². The number of aromatic nitrogens is 1. The van der Waals surface area contributed by atoms with E-state index in [0.717, 1.165) is 5.56 Å². The Balaban J connectivity index is 2.34. The Hall–Kier alpha value is -2.87. The Labute approximate surface area is 103 Å². The Bertz CT molecular complexity index is 642. The van der Waals surface area contributed by atoms with Crippen molar-refractivity contribution < 1.29 is 4.92 Å². The molecule has 0 bridgehead atoms. The summed E-state index contributed by atoms with van der Waals surface area (Å²) in [6, 6.07) is 8.07. The minimum Gasteiger partial charge on any atom is -0.393 e. The van der Waals surface area contributed by atoms with Gasteiger partial charge in [-0.25, -0.2) is 0 Å². The summed E-state index contributed by atoms with van der Waals surface area (Å²) in [5.74, 6) is 5.70. The molecule has 2 rings (SSSR count). The number of hydrogen-bond donors (Lipinski definition) is 1. The highest BCUT2D eigenvalue weighted by atomic mass is 16.6. The van der Waals surface area contributed by atoms with Crippen LogP contribution in [0.5, 0.6) is 0 Å². The van der Waals surface area contributed by atoms with E-state index in [-0.39, 0.29) is 11.4 Å². The summed E-state index contributed by atoms with van der Waals surface area (Å²) < 4.78 is 0. The average molecular weight is 239 g/mol. The molecule has 1 heterocycles. The summed E-state index contributed by atoms with van der Waals surface area (Å²) in [5, 5.41) is 10.7. The van der Waals surface area contributed by atoms with Crippen molar-refractivity contribution >= 4 is 11.4 Å². The predicted octanol–water partition coefficient (Wildman–Crippen LogP) is 1.97. The molecule has 0 aliphatic carbocycles. The van der Waals surface area contributed by atoms with Crippen LogP contribution in [-0.4, -0.2) is 9.91 Å². The van der Waals surface area contributed by atoms with Crippen LogP contribution < -0.4 is 5.73 Å². The molecule has 0 spiro atoms. The maximum atomic E-state index is 10.7. The third kappa shape index (κ3) is 2.62. The lowest BCUT2D eigenvalue weighted by Crippen LogP contribution is -1.95. The number of nitro benzene ring substituents is 1. The first-order chi connectivity index (χ1) is 8.66. The number of nitro groups is 1. The molecule has 2 N–H and O–H groups in total. The third-order valence-electron chi connectivity index (χ3n) is 2.24. The molecular weight excluding hydrogens is 230 g/mol. The van der Waals surface area contributed by atoms with Gasteiger partial charge in [-0.05, 0) is 24.3 Å². The second-order valence-electron chi connectivity index (χ2n) is 3.52. The van der Waals surface area contributed by atoms with Crippen LogP contribution in [0.4, 0.5) is 11.4 Å². The van der Waals surface area contributed by atoms with Gasteiger partial charge in [0.1, 0.15) is 5.69 Å². The summed E-state index contributed by atoms with van der Waals surface area (Å²) in [4.78, 5) is 14.1. The quantitative estimate of drug-likeness (QED) is 0.357. The molecule has 0 aliphatic rings. The third-order valence-corrected chi connectivity index (χ3v) is 2.24. The standard InChI is InChI=1S/C13H9N3O2/c14-12-6-5-10(8-13(12)16(17)18)3-4-11-2-1-7-15-9-11/h1-2,5-9H,14H2. The predicted molar refractivity (Wildman–Crippen MR) is 67.7 cm³/mol. The number of hydrogen-bond acceptors (Lipinski definition) is 4. The van der Waals surface area contributed by atoms with Crippen molar-refractivity contribution in [3.8, 4) is 11.8 Å². The summed E-state index contributed by atoms with van der Waals surface area (Å²) in [6.07, 6.45) is 3.28. The molecule has 0 radical (unpaired) electrons. The van der Waals surface area contributed by atoms with Crippen LogP contribution in [0.25, 0.3) is 0 Å². The SMILES string of the molecule is Nc1ccc(C#Cc2cccnc2)cc1[N+](=O)[O-]. The molecule has 18 heavy (non-hydrogen) atoms. The zero-order chi connectivity index (χ0) is 13.0. The van der Waals surface area contributed by atoms with E-state index in [1.165, 1.54) is 12.1 Å². The molecule has 1 aromatic carbocycles. The smallest absolute Gasteiger partial charge is 0.293 e. The van der Waals surface area contributed by atoms with Crippen molar-refractivity contribution in [1.82, 2.24) is 4.98 Å². The lowest BCUT2D eigenvalue weighted by atomic mass is 10.1.